The summed E-state index contributed by atoms with van der Waals surface area (Å²) in [5.74, 6) is -0.261. The van der Waals surface area contributed by atoms with Crippen molar-refractivity contribution in [2.24, 2.45) is 0 Å². The maximum atomic E-state index is 11.0. The number of hydrogen-bond donors (Lipinski definition) is 0. The van der Waals surface area contributed by atoms with Gasteiger partial charge in [0.2, 0.25) is 0 Å². The predicted molar refractivity (Wildman–Crippen MR) is 59.9 cm³/mol. The third-order valence-corrected chi connectivity index (χ3v) is 1.82. The smallest absolute Gasteiger partial charge is 0.309 e. The molecule has 0 aliphatic heterocycles. The van der Waals surface area contributed by atoms with E-state index in [-0.39, 0.29) is 12.4 Å². The van der Waals surface area contributed by atoms with Crippen LogP contribution in [0.4, 0.5) is 0 Å². The Morgan fingerprint density at radius 2 is 2.31 bits per heavy atom. The van der Waals surface area contributed by atoms with Gasteiger partial charge in [-0.25, -0.2) is 0 Å². The predicted octanol–water partition coefficient (Wildman–Crippen LogP) is 1.86. The van der Waals surface area contributed by atoms with Gasteiger partial charge in [-0.1, -0.05) is 6.08 Å². The van der Waals surface area contributed by atoms with Gasteiger partial charge in [0.1, 0.15) is 0 Å². The Labute approximate surface area is 94.0 Å². The number of carbonyl (C=O) groups excluding carboxylic acids is 2. The molecule has 0 N–H and O–H groups in total. The highest BCUT2D eigenvalue weighted by Crippen LogP contribution is 2.01. The van der Waals surface area contributed by atoms with Gasteiger partial charge in [-0.2, -0.15) is 0 Å². The molecule has 0 fully saturated rings. The number of pyridine rings is 1. The van der Waals surface area contributed by atoms with E-state index in [2.05, 4.69) is 4.98 Å². The van der Waals surface area contributed by atoms with Crippen molar-refractivity contribution in [1.29, 1.82) is 0 Å². The number of esters is 1. The summed E-state index contributed by atoms with van der Waals surface area (Å²) in [5.41, 5.74) is 1.23. The SMILES string of the molecule is CCOC(=O)CC=Cc1ccc(C=O)cn1. The molecule has 0 aliphatic rings. The third kappa shape index (κ3) is 4.04. The summed E-state index contributed by atoms with van der Waals surface area (Å²) < 4.78 is 4.76. The molecule has 84 valence electrons. The summed E-state index contributed by atoms with van der Waals surface area (Å²) in [6, 6.07) is 3.38. The fourth-order valence-electron chi connectivity index (χ4n) is 1.08. The Morgan fingerprint density at radius 3 is 2.88 bits per heavy atom. The summed E-state index contributed by atoms with van der Waals surface area (Å²) in [5, 5.41) is 0. The van der Waals surface area contributed by atoms with E-state index in [0.29, 0.717) is 17.9 Å². The van der Waals surface area contributed by atoms with Crippen LogP contribution in [0.1, 0.15) is 29.4 Å². The lowest BCUT2D eigenvalue weighted by molar-refractivity contribution is -0.142. The minimum absolute atomic E-state index is 0.227. The number of carbonyl (C=O) groups is 2. The van der Waals surface area contributed by atoms with Crippen LogP contribution in [0.15, 0.2) is 24.4 Å². The number of ether oxygens (including phenoxy) is 1. The zero-order chi connectivity index (χ0) is 11.8. The van der Waals surface area contributed by atoms with Crippen molar-refractivity contribution in [2.45, 2.75) is 13.3 Å². The first-order valence-electron chi connectivity index (χ1n) is 4.99. The lowest BCUT2D eigenvalue weighted by Crippen LogP contribution is -2.01. The van der Waals surface area contributed by atoms with E-state index in [9.17, 15) is 9.59 Å². The minimum Gasteiger partial charge on any atom is -0.466 e. The fraction of sp³-hybridized carbons (Fsp3) is 0.250. The molecule has 0 amide bonds. The van der Waals surface area contributed by atoms with E-state index in [1.807, 2.05) is 0 Å². The molecule has 0 bridgehead atoms. The summed E-state index contributed by atoms with van der Waals surface area (Å²) in [7, 11) is 0. The lowest BCUT2D eigenvalue weighted by atomic mass is 10.2. The van der Waals surface area contributed by atoms with Crippen molar-refractivity contribution < 1.29 is 14.3 Å². The van der Waals surface area contributed by atoms with Crippen LogP contribution >= 0.6 is 0 Å². The largest absolute Gasteiger partial charge is 0.466 e. The molecule has 0 aliphatic carbocycles. The monoisotopic (exact) mass is 219 g/mol. The molecule has 4 nitrogen and oxygen atoms in total. The average molecular weight is 219 g/mol. The van der Waals surface area contributed by atoms with Gasteiger partial charge < -0.3 is 4.74 Å². The van der Waals surface area contributed by atoms with Crippen LogP contribution in [0.3, 0.4) is 0 Å². The lowest BCUT2D eigenvalue weighted by Gasteiger charge is -1.96. The first kappa shape index (κ1) is 12.1. The molecular formula is C12H13NO3. The van der Waals surface area contributed by atoms with E-state index in [1.54, 1.807) is 31.2 Å². The molecule has 0 unspecified atom stereocenters. The maximum Gasteiger partial charge on any atom is 0.309 e. The van der Waals surface area contributed by atoms with Crippen LogP contribution in [-0.4, -0.2) is 23.8 Å². The van der Waals surface area contributed by atoms with Crippen LogP contribution < -0.4 is 0 Å². The zero-order valence-electron chi connectivity index (χ0n) is 9.05. The molecule has 0 radical (unpaired) electrons. The van der Waals surface area contributed by atoms with E-state index >= 15 is 0 Å². The van der Waals surface area contributed by atoms with E-state index < -0.39 is 0 Å². The summed E-state index contributed by atoms with van der Waals surface area (Å²) in [6.45, 7) is 2.15. The van der Waals surface area contributed by atoms with Crippen molar-refractivity contribution in [3.8, 4) is 0 Å². The molecule has 1 aromatic heterocycles. The number of nitrogens with zero attached hydrogens (tertiary/aromatic N) is 1. The molecular weight excluding hydrogens is 206 g/mol. The molecule has 1 aromatic rings. The quantitative estimate of drug-likeness (QED) is 0.560. The van der Waals surface area contributed by atoms with Gasteiger partial charge in [0.05, 0.1) is 18.7 Å². The highest BCUT2D eigenvalue weighted by Gasteiger charge is 1.96. The van der Waals surface area contributed by atoms with Crippen LogP contribution in [-0.2, 0) is 9.53 Å². The average Bonchev–Trinajstić information content (AvgIpc) is 2.30. The minimum atomic E-state index is -0.261. The Morgan fingerprint density at radius 1 is 1.50 bits per heavy atom. The van der Waals surface area contributed by atoms with E-state index in [1.165, 1.54) is 6.20 Å². The molecule has 0 spiro atoms. The molecule has 1 heterocycles. The van der Waals surface area contributed by atoms with Gasteiger partial charge >= 0.3 is 5.97 Å². The van der Waals surface area contributed by atoms with Gasteiger partial charge in [-0.15, -0.1) is 0 Å². The van der Waals surface area contributed by atoms with Gasteiger partial charge in [0, 0.05) is 11.8 Å². The Hall–Kier alpha value is -1.97. The normalized spacial score (nSPS) is 10.3. The molecule has 16 heavy (non-hydrogen) atoms. The maximum absolute atomic E-state index is 11.0. The number of aromatic nitrogens is 1. The third-order valence-electron chi connectivity index (χ3n) is 1.82. The van der Waals surface area contributed by atoms with Crippen LogP contribution in [0.2, 0.25) is 0 Å². The Bertz CT molecular complexity index is 382. The molecule has 0 aromatic carbocycles. The molecule has 0 saturated carbocycles. The standard InChI is InChI=1S/C12H13NO3/c1-2-16-12(15)5-3-4-11-7-6-10(9-14)8-13-11/h3-4,6-9H,2,5H2,1H3. The van der Waals surface area contributed by atoms with Crippen molar-refractivity contribution in [1.82, 2.24) is 4.98 Å². The summed E-state index contributed by atoms with van der Waals surface area (Å²) in [4.78, 5) is 25.4. The number of rotatable bonds is 5. The zero-order valence-corrected chi connectivity index (χ0v) is 9.05. The number of aldehydes is 1. The van der Waals surface area contributed by atoms with Crippen molar-refractivity contribution in [3.63, 3.8) is 0 Å². The van der Waals surface area contributed by atoms with E-state index in [0.717, 1.165) is 6.29 Å². The van der Waals surface area contributed by atoms with Crippen LogP contribution in [0, 0.1) is 0 Å². The molecule has 1 rings (SSSR count). The molecule has 0 atom stereocenters. The van der Waals surface area contributed by atoms with Crippen molar-refractivity contribution in [3.05, 3.63) is 35.7 Å². The first-order chi connectivity index (χ1) is 7.76. The summed E-state index contributed by atoms with van der Waals surface area (Å²) in [6.07, 6.45) is 5.84. The Kier molecular flexibility index (Phi) is 4.92. The molecule has 0 saturated heterocycles. The van der Waals surface area contributed by atoms with Crippen LogP contribution in [0.5, 0.6) is 0 Å². The van der Waals surface area contributed by atoms with Crippen molar-refractivity contribution in [2.75, 3.05) is 6.61 Å². The van der Waals surface area contributed by atoms with Gasteiger partial charge in [0.25, 0.3) is 0 Å². The van der Waals surface area contributed by atoms with Gasteiger partial charge in [-0.05, 0) is 25.1 Å². The van der Waals surface area contributed by atoms with E-state index in [4.69, 9.17) is 4.74 Å². The second kappa shape index (κ2) is 6.50. The Balaban J connectivity index is 2.49. The highest BCUT2D eigenvalue weighted by molar-refractivity contribution is 5.74. The fourth-order valence-corrected chi connectivity index (χ4v) is 1.08. The first-order valence-corrected chi connectivity index (χ1v) is 4.99. The van der Waals surface area contributed by atoms with Gasteiger partial charge in [0.15, 0.2) is 6.29 Å². The van der Waals surface area contributed by atoms with Crippen LogP contribution in [0.25, 0.3) is 6.08 Å². The second-order valence-electron chi connectivity index (χ2n) is 3.05. The second-order valence-corrected chi connectivity index (χ2v) is 3.05. The molecule has 4 heteroatoms. The highest BCUT2D eigenvalue weighted by atomic mass is 16.5. The van der Waals surface area contributed by atoms with Crippen molar-refractivity contribution >= 4 is 18.3 Å². The van der Waals surface area contributed by atoms with Gasteiger partial charge in [-0.3, -0.25) is 14.6 Å². The number of hydrogen-bond acceptors (Lipinski definition) is 4. The summed E-state index contributed by atoms with van der Waals surface area (Å²) >= 11 is 0. The topological polar surface area (TPSA) is 56.3 Å².